The van der Waals surface area contributed by atoms with Gasteiger partial charge in [0.1, 0.15) is 6.04 Å². The number of alkyl halides is 2. The quantitative estimate of drug-likeness (QED) is 0.782. The van der Waals surface area contributed by atoms with Crippen LogP contribution in [0.25, 0.3) is 0 Å². The van der Waals surface area contributed by atoms with Crippen LogP contribution >= 0.6 is 0 Å². The van der Waals surface area contributed by atoms with E-state index in [0.29, 0.717) is 5.56 Å². The fourth-order valence-electron chi connectivity index (χ4n) is 0.991. The van der Waals surface area contributed by atoms with Gasteiger partial charge in [0.05, 0.1) is 0 Å². The lowest BCUT2D eigenvalue weighted by molar-refractivity contribution is -0.138. The Morgan fingerprint density at radius 3 is 2.00 bits per heavy atom. The number of hydrogen-bond acceptors (Lipinski definition) is 2. The maximum Gasteiger partial charge on any atom is 0.325 e. The van der Waals surface area contributed by atoms with Crippen LogP contribution in [0.2, 0.25) is 0 Å². The number of carboxylic acid groups (broad SMARTS) is 1. The maximum absolute atomic E-state index is 12.1. The molecule has 0 aliphatic carbocycles. The van der Waals surface area contributed by atoms with E-state index in [4.69, 9.17) is 10.8 Å². The normalized spacial score (nSPS) is 12.9. The molecule has 0 fully saturated rings. The van der Waals surface area contributed by atoms with Crippen molar-refractivity contribution < 1.29 is 18.7 Å². The molecule has 0 heterocycles. The Morgan fingerprint density at radius 2 is 1.64 bits per heavy atom. The molecule has 0 aliphatic heterocycles. The highest BCUT2D eigenvalue weighted by molar-refractivity contribution is 5.75. The van der Waals surface area contributed by atoms with Crippen LogP contribution in [0.15, 0.2) is 24.3 Å². The van der Waals surface area contributed by atoms with Gasteiger partial charge in [0.2, 0.25) is 0 Å². The molecule has 3 N–H and O–H groups in total. The molecule has 0 amide bonds. The molecule has 1 atom stereocenters. The summed E-state index contributed by atoms with van der Waals surface area (Å²) in [6, 6.07) is 3.76. The number of hydrogen-bond donors (Lipinski definition) is 2. The minimum absolute atomic E-state index is 0.147. The smallest absolute Gasteiger partial charge is 0.325 e. The first-order valence-electron chi connectivity index (χ1n) is 3.88. The second kappa shape index (κ2) is 4.15. The predicted molar refractivity (Wildman–Crippen MR) is 46.0 cm³/mol. The van der Waals surface area contributed by atoms with Crippen LogP contribution in [-0.4, -0.2) is 11.1 Å². The summed E-state index contributed by atoms with van der Waals surface area (Å²) in [4.78, 5) is 10.4. The Bertz CT molecular complexity index is 324. The van der Waals surface area contributed by atoms with E-state index in [9.17, 15) is 13.6 Å². The van der Waals surface area contributed by atoms with Gasteiger partial charge in [-0.25, -0.2) is 8.78 Å². The zero-order valence-corrected chi connectivity index (χ0v) is 7.15. The van der Waals surface area contributed by atoms with Crippen LogP contribution in [0.1, 0.15) is 23.6 Å². The Kier molecular flexibility index (Phi) is 3.14. The van der Waals surface area contributed by atoms with Crippen LogP contribution in [0.3, 0.4) is 0 Å². The highest BCUT2D eigenvalue weighted by Crippen LogP contribution is 2.20. The number of rotatable bonds is 3. The van der Waals surface area contributed by atoms with Gasteiger partial charge >= 0.3 is 5.97 Å². The molecule has 3 nitrogen and oxygen atoms in total. The van der Waals surface area contributed by atoms with E-state index in [0.717, 1.165) is 0 Å². The summed E-state index contributed by atoms with van der Waals surface area (Å²) < 4.78 is 24.2. The first-order valence-corrected chi connectivity index (χ1v) is 3.88. The molecule has 0 unspecified atom stereocenters. The summed E-state index contributed by atoms with van der Waals surface area (Å²) in [5, 5.41) is 8.54. The summed E-state index contributed by atoms with van der Waals surface area (Å²) in [5.74, 6) is -1.19. The Balaban J connectivity index is 2.88. The van der Waals surface area contributed by atoms with Gasteiger partial charge < -0.3 is 10.8 Å². The van der Waals surface area contributed by atoms with Crippen LogP contribution in [-0.2, 0) is 4.79 Å². The fraction of sp³-hybridized carbons (Fsp3) is 0.222. The molecule has 0 spiro atoms. The number of carbonyl (C=O) groups is 1. The number of aliphatic carboxylic acids is 1. The predicted octanol–water partition coefficient (Wildman–Crippen LogP) is 1.71. The van der Waals surface area contributed by atoms with Crippen molar-refractivity contribution in [2.45, 2.75) is 12.5 Å². The van der Waals surface area contributed by atoms with E-state index in [1.54, 1.807) is 0 Å². The number of carboxylic acids is 1. The molecule has 0 aromatic heterocycles. The van der Waals surface area contributed by atoms with Gasteiger partial charge in [-0.1, -0.05) is 24.3 Å². The Labute approximate surface area is 79.2 Å². The van der Waals surface area contributed by atoms with Crippen LogP contribution in [0.5, 0.6) is 0 Å². The van der Waals surface area contributed by atoms with Gasteiger partial charge in [0, 0.05) is 5.56 Å². The van der Waals surface area contributed by atoms with E-state index < -0.39 is 18.4 Å². The van der Waals surface area contributed by atoms with Crippen LogP contribution in [0, 0.1) is 0 Å². The monoisotopic (exact) mass is 201 g/mol. The average Bonchev–Trinajstić information content (AvgIpc) is 2.16. The highest BCUT2D eigenvalue weighted by Gasteiger charge is 2.14. The summed E-state index contributed by atoms with van der Waals surface area (Å²) in [6.45, 7) is 0. The SMILES string of the molecule is N[C@H](C(=O)O)c1ccc(C(F)F)cc1. The molecule has 14 heavy (non-hydrogen) atoms. The number of halogens is 2. The summed E-state index contributed by atoms with van der Waals surface area (Å²) >= 11 is 0. The van der Waals surface area contributed by atoms with Gasteiger partial charge in [0.25, 0.3) is 6.43 Å². The van der Waals surface area contributed by atoms with Crippen molar-refractivity contribution in [2.75, 3.05) is 0 Å². The first-order chi connectivity index (χ1) is 6.52. The van der Waals surface area contributed by atoms with Crippen molar-refractivity contribution in [2.24, 2.45) is 5.73 Å². The third kappa shape index (κ3) is 2.26. The Morgan fingerprint density at radius 1 is 1.21 bits per heavy atom. The molecule has 1 rings (SSSR count). The standard InChI is InChI=1S/C9H9F2NO2/c10-8(11)6-3-1-5(2-4-6)7(12)9(13)14/h1-4,7-8H,12H2,(H,13,14)/t7-/m0/s1. The molecule has 76 valence electrons. The molecule has 1 aromatic carbocycles. The largest absolute Gasteiger partial charge is 0.480 e. The first kappa shape index (κ1) is 10.6. The maximum atomic E-state index is 12.1. The van der Waals surface area contributed by atoms with E-state index in [1.165, 1.54) is 24.3 Å². The summed E-state index contributed by atoms with van der Waals surface area (Å²) in [7, 11) is 0. The van der Waals surface area contributed by atoms with Crippen LogP contribution in [0.4, 0.5) is 8.78 Å². The fourth-order valence-corrected chi connectivity index (χ4v) is 0.991. The van der Waals surface area contributed by atoms with Crippen molar-refractivity contribution in [1.82, 2.24) is 0 Å². The molecule has 0 aliphatic rings. The summed E-state index contributed by atoms with van der Waals surface area (Å²) in [6.07, 6.45) is -2.55. The molecule has 0 saturated carbocycles. The highest BCUT2D eigenvalue weighted by atomic mass is 19.3. The van der Waals surface area contributed by atoms with E-state index in [2.05, 4.69) is 0 Å². The van der Waals surface area contributed by atoms with Crippen molar-refractivity contribution in [3.8, 4) is 0 Å². The lowest BCUT2D eigenvalue weighted by Gasteiger charge is -2.07. The molecular weight excluding hydrogens is 192 g/mol. The molecule has 0 radical (unpaired) electrons. The van der Waals surface area contributed by atoms with Crippen molar-refractivity contribution in [1.29, 1.82) is 0 Å². The number of nitrogens with two attached hydrogens (primary N) is 1. The third-order valence-electron chi connectivity index (χ3n) is 1.81. The van der Waals surface area contributed by atoms with E-state index in [-0.39, 0.29) is 5.56 Å². The van der Waals surface area contributed by atoms with Crippen molar-refractivity contribution >= 4 is 5.97 Å². The second-order valence-electron chi connectivity index (χ2n) is 2.78. The van der Waals surface area contributed by atoms with E-state index in [1.807, 2.05) is 0 Å². The molecule has 0 saturated heterocycles. The van der Waals surface area contributed by atoms with Gasteiger partial charge in [-0.3, -0.25) is 4.79 Å². The van der Waals surface area contributed by atoms with Gasteiger partial charge in [-0.2, -0.15) is 0 Å². The molecule has 1 aromatic rings. The minimum Gasteiger partial charge on any atom is -0.480 e. The third-order valence-corrected chi connectivity index (χ3v) is 1.81. The van der Waals surface area contributed by atoms with Crippen molar-refractivity contribution in [3.05, 3.63) is 35.4 Å². The molecule has 0 bridgehead atoms. The molecular formula is C9H9F2NO2. The topological polar surface area (TPSA) is 63.3 Å². The lowest BCUT2D eigenvalue weighted by atomic mass is 10.1. The summed E-state index contributed by atoms with van der Waals surface area (Å²) in [5.41, 5.74) is 5.44. The second-order valence-corrected chi connectivity index (χ2v) is 2.78. The lowest BCUT2D eigenvalue weighted by Crippen LogP contribution is -2.20. The van der Waals surface area contributed by atoms with Crippen molar-refractivity contribution in [3.63, 3.8) is 0 Å². The Hall–Kier alpha value is -1.49. The van der Waals surface area contributed by atoms with Gasteiger partial charge in [-0.15, -0.1) is 0 Å². The van der Waals surface area contributed by atoms with Crippen LogP contribution < -0.4 is 5.73 Å². The average molecular weight is 201 g/mol. The van der Waals surface area contributed by atoms with Gasteiger partial charge in [-0.05, 0) is 5.56 Å². The zero-order chi connectivity index (χ0) is 10.7. The zero-order valence-electron chi connectivity index (χ0n) is 7.15. The minimum atomic E-state index is -2.55. The van der Waals surface area contributed by atoms with Gasteiger partial charge in [0.15, 0.2) is 0 Å². The number of benzene rings is 1. The van der Waals surface area contributed by atoms with E-state index >= 15 is 0 Å². The molecule has 5 heteroatoms.